The molecule has 2 aliphatic rings. The van der Waals surface area contributed by atoms with Gasteiger partial charge in [0.05, 0.1) is 0 Å². The van der Waals surface area contributed by atoms with Crippen LogP contribution in [0.15, 0.2) is 47.6 Å². The molecule has 1 aromatic heterocycles. The van der Waals surface area contributed by atoms with E-state index in [9.17, 15) is 4.39 Å². The van der Waals surface area contributed by atoms with Gasteiger partial charge in [0.25, 0.3) is 0 Å². The molecule has 1 aromatic carbocycles. The zero-order valence-corrected chi connectivity index (χ0v) is 12.2. The normalized spacial score (nSPS) is 22.2. The van der Waals surface area contributed by atoms with Gasteiger partial charge in [-0.15, -0.1) is 0 Å². The predicted molar refractivity (Wildman–Crippen MR) is 83.2 cm³/mol. The standard InChI is InChI=1S/C16H14FN3S/c17-15-14(6-3-7-18-15)19-16-20-9-12-5-2-1-4-11(12)8-13(20)10-21-16/h1-7,13H,8-10H2/t13-/m0/s1. The summed E-state index contributed by atoms with van der Waals surface area (Å²) in [6.45, 7) is 0.856. The van der Waals surface area contributed by atoms with Crippen LogP contribution in [-0.2, 0) is 13.0 Å². The summed E-state index contributed by atoms with van der Waals surface area (Å²) in [5.74, 6) is 0.501. The van der Waals surface area contributed by atoms with Crippen LogP contribution in [0.1, 0.15) is 11.1 Å². The van der Waals surface area contributed by atoms with Crippen LogP contribution >= 0.6 is 11.8 Å². The number of halogens is 1. The molecule has 4 rings (SSSR count). The molecule has 21 heavy (non-hydrogen) atoms. The molecular formula is C16H14FN3S. The molecule has 0 unspecified atom stereocenters. The van der Waals surface area contributed by atoms with Crippen molar-refractivity contribution in [2.45, 2.75) is 19.0 Å². The predicted octanol–water partition coefficient (Wildman–Crippen LogP) is 3.38. The highest BCUT2D eigenvalue weighted by Gasteiger charge is 2.34. The third-order valence-electron chi connectivity index (χ3n) is 3.96. The Labute approximate surface area is 126 Å². The van der Waals surface area contributed by atoms with Crippen LogP contribution in [0.2, 0.25) is 0 Å². The third kappa shape index (κ3) is 2.31. The number of amidine groups is 1. The lowest BCUT2D eigenvalue weighted by Gasteiger charge is -2.32. The van der Waals surface area contributed by atoms with Crippen molar-refractivity contribution in [3.8, 4) is 0 Å². The Morgan fingerprint density at radius 1 is 1.19 bits per heavy atom. The van der Waals surface area contributed by atoms with Gasteiger partial charge in [-0.2, -0.15) is 4.39 Å². The molecule has 1 fully saturated rings. The molecule has 0 aliphatic carbocycles. The lowest BCUT2D eigenvalue weighted by atomic mass is 9.95. The fourth-order valence-electron chi connectivity index (χ4n) is 2.87. The van der Waals surface area contributed by atoms with Gasteiger partial charge in [0.15, 0.2) is 5.17 Å². The van der Waals surface area contributed by atoms with E-state index in [0.717, 1.165) is 23.9 Å². The van der Waals surface area contributed by atoms with Crippen molar-refractivity contribution >= 4 is 22.6 Å². The topological polar surface area (TPSA) is 28.5 Å². The molecule has 0 amide bonds. The fourth-order valence-corrected chi connectivity index (χ4v) is 4.06. The number of aromatic nitrogens is 1. The summed E-state index contributed by atoms with van der Waals surface area (Å²) in [6, 6.07) is 12.4. The maximum Gasteiger partial charge on any atom is 0.238 e. The molecule has 2 aliphatic heterocycles. The molecule has 1 atom stereocenters. The van der Waals surface area contributed by atoms with Crippen LogP contribution in [0.4, 0.5) is 10.1 Å². The average Bonchev–Trinajstić information content (AvgIpc) is 2.89. The summed E-state index contributed by atoms with van der Waals surface area (Å²) in [6.07, 6.45) is 2.48. The van der Waals surface area contributed by atoms with Gasteiger partial charge < -0.3 is 4.90 Å². The number of hydrogen-bond donors (Lipinski definition) is 0. The van der Waals surface area contributed by atoms with E-state index < -0.39 is 5.95 Å². The van der Waals surface area contributed by atoms with Gasteiger partial charge >= 0.3 is 0 Å². The van der Waals surface area contributed by atoms with Gasteiger partial charge in [-0.3, -0.25) is 0 Å². The van der Waals surface area contributed by atoms with Gasteiger partial charge in [-0.25, -0.2) is 9.98 Å². The summed E-state index contributed by atoms with van der Waals surface area (Å²) < 4.78 is 13.7. The van der Waals surface area contributed by atoms with Gasteiger partial charge in [0.1, 0.15) is 5.69 Å². The van der Waals surface area contributed by atoms with Crippen LogP contribution in [-0.4, -0.2) is 26.8 Å². The Hall–Kier alpha value is -1.88. The molecule has 0 radical (unpaired) electrons. The van der Waals surface area contributed by atoms with Crippen LogP contribution in [0.25, 0.3) is 0 Å². The van der Waals surface area contributed by atoms with E-state index in [1.165, 1.54) is 17.3 Å². The van der Waals surface area contributed by atoms with E-state index in [-0.39, 0.29) is 0 Å². The maximum atomic E-state index is 13.7. The van der Waals surface area contributed by atoms with Crippen LogP contribution < -0.4 is 0 Å². The number of nitrogens with zero attached hydrogens (tertiary/aromatic N) is 3. The lowest BCUT2D eigenvalue weighted by Crippen LogP contribution is -2.38. The van der Waals surface area contributed by atoms with Crippen molar-refractivity contribution in [2.75, 3.05) is 5.75 Å². The van der Waals surface area contributed by atoms with Crippen molar-refractivity contribution in [3.63, 3.8) is 0 Å². The Kier molecular flexibility index (Phi) is 3.15. The van der Waals surface area contributed by atoms with Gasteiger partial charge in [-0.1, -0.05) is 36.0 Å². The minimum atomic E-state index is -0.508. The highest BCUT2D eigenvalue weighted by molar-refractivity contribution is 8.14. The molecule has 1 saturated heterocycles. The lowest BCUT2D eigenvalue weighted by molar-refractivity contribution is 0.320. The molecule has 0 spiro atoms. The van der Waals surface area contributed by atoms with Crippen LogP contribution in [0.3, 0.4) is 0 Å². The highest BCUT2D eigenvalue weighted by atomic mass is 32.2. The largest absolute Gasteiger partial charge is 0.343 e. The first-order valence-electron chi connectivity index (χ1n) is 6.97. The smallest absolute Gasteiger partial charge is 0.238 e. The second-order valence-corrected chi connectivity index (χ2v) is 6.26. The molecule has 5 heteroatoms. The molecule has 0 saturated carbocycles. The van der Waals surface area contributed by atoms with Crippen molar-refractivity contribution in [1.29, 1.82) is 0 Å². The minimum Gasteiger partial charge on any atom is -0.343 e. The molecule has 3 nitrogen and oxygen atoms in total. The van der Waals surface area contributed by atoms with E-state index in [1.54, 1.807) is 23.9 Å². The summed E-state index contributed by atoms with van der Waals surface area (Å²) in [5, 5.41) is 0.904. The Balaban J connectivity index is 1.67. The number of hydrogen-bond acceptors (Lipinski definition) is 3. The Bertz CT molecular complexity index is 716. The first-order valence-corrected chi connectivity index (χ1v) is 7.95. The Morgan fingerprint density at radius 3 is 2.90 bits per heavy atom. The molecular weight excluding hydrogens is 285 g/mol. The zero-order valence-electron chi connectivity index (χ0n) is 11.4. The molecule has 2 aromatic rings. The van der Waals surface area contributed by atoms with Gasteiger partial charge in [0.2, 0.25) is 5.95 Å². The first-order chi connectivity index (χ1) is 10.3. The number of benzene rings is 1. The number of rotatable bonds is 1. The quantitative estimate of drug-likeness (QED) is 0.756. The van der Waals surface area contributed by atoms with E-state index in [0.29, 0.717) is 11.7 Å². The monoisotopic (exact) mass is 299 g/mol. The average molecular weight is 299 g/mol. The SMILES string of the molecule is Fc1ncccc1N=C1SC[C@@H]2Cc3ccccc3CN12. The van der Waals surface area contributed by atoms with Crippen LogP contribution in [0, 0.1) is 5.95 Å². The van der Waals surface area contributed by atoms with E-state index in [1.807, 2.05) is 0 Å². The summed E-state index contributed by atoms with van der Waals surface area (Å²) >= 11 is 1.70. The maximum absolute atomic E-state index is 13.7. The fraction of sp³-hybridized carbons (Fsp3) is 0.250. The Morgan fingerprint density at radius 2 is 2.05 bits per heavy atom. The third-order valence-corrected chi connectivity index (χ3v) is 5.10. The number of pyridine rings is 1. The molecule has 0 N–H and O–H groups in total. The highest BCUT2D eigenvalue weighted by Crippen LogP contribution is 2.34. The zero-order chi connectivity index (χ0) is 14.2. The van der Waals surface area contributed by atoms with Gasteiger partial charge in [0, 0.05) is 24.5 Å². The number of fused-ring (bicyclic) bond motifs is 2. The summed E-state index contributed by atoms with van der Waals surface area (Å²) in [4.78, 5) is 10.4. The van der Waals surface area contributed by atoms with Crippen LogP contribution in [0.5, 0.6) is 0 Å². The van der Waals surface area contributed by atoms with Crippen molar-refractivity contribution in [1.82, 2.24) is 9.88 Å². The van der Waals surface area contributed by atoms with E-state index >= 15 is 0 Å². The molecule has 3 heterocycles. The molecule has 0 bridgehead atoms. The second-order valence-electron chi connectivity index (χ2n) is 5.27. The van der Waals surface area contributed by atoms with Gasteiger partial charge in [-0.05, 0) is 29.7 Å². The van der Waals surface area contributed by atoms with Crippen molar-refractivity contribution in [2.24, 2.45) is 4.99 Å². The van der Waals surface area contributed by atoms with Crippen molar-refractivity contribution in [3.05, 3.63) is 59.7 Å². The molecule has 106 valence electrons. The minimum absolute atomic E-state index is 0.319. The number of thioether (sulfide) groups is 1. The van der Waals surface area contributed by atoms with E-state index in [4.69, 9.17) is 0 Å². The van der Waals surface area contributed by atoms with E-state index in [2.05, 4.69) is 39.1 Å². The second kappa shape index (κ2) is 5.15. The summed E-state index contributed by atoms with van der Waals surface area (Å²) in [5.41, 5.74) is 3.09. The number of aliphatic imine (C=N–C) groups is 1. The van der Waals surface area contributed by atoms with Crippen molar-refractivity contribution < 1.29 is 4.39 Å². The summed E-state index contributed by atoms with van der Waals surface area (Å²) in [7, 11) is 0. The first kappa shape index (κ1) is 12.8.